The Morgan fingerprint density at radius 3 is 2.78 bits per heavy atom. The van der Waals surface area contributed by atoms with E-state index in [4.69, 9.17) is 23.8 Å². The first kappa shape index (κ1) is 21.8. The number of H-pyrrole nitrogens is 1. The van der Waals surface area contributed by atoms with Crippen molar-refractivity contribution in [3.05, 3.63) is 74.8 Å². The van der Waals surface area contributed by atoms with Crippen LogP contribution < -0.4 is 21.1 Å². The van der Waals surface area contributed by atoms with Crippen LogP contribution in [-0.4, -0.2) is 41.0 Å². The minimum atomic E-state index is -0.359. The predicted molar refractivity (Wildman–Crippen MR) is 128 cm³/mol. The molecule has 32 heavy (non-hydrogen) atoms. The molecule has 10 heteroatoms. The molecule has 0 spiro atoms. The molecule has 2 amide bonds. The topological polar surface area (TPSA) is 99.2 Å². The minimum Gasteiger partial charge on any atom is -0.359 e. The molecular weight excluding hydrogens is 450 g/mol. The summed E-state index contributed by atoms with van der Waals surface area (Å²) in [6.45, 7) is 5.38. The summed E-state index contributed by atoms with van der Waals surface area (Å²) in [5.41, 5.74) is 1.83. The van der Waals surface area contributed by atoms with E-state index in [1.165, 1.54) is 4.57 Å². The van der Waals surface area contributed by atoms with Gasteiger partial charge in [0.25, 0.3) is 11.5 Å². The van der Waals surface area contributed by atoms with Crippen molar-refractivity contribution in [1.82, 2.24) is 14.9 Å². The molecule has 1 aliphatic rings. The molecule has 0 radical (unpaired) electrons. The molecule has 164 valence electrons. The maximum absolute atomic E-state index is 12.8. The lowest BCUT2D eigenvalue weighted by Gasteiger charge is -2.29. The van der Waals surface area contributed by atoms with Crippen LogP contribution in [0.1, 0.15) is 10.4 Å². The molecule has 3 N–H and O–H groups in total. The molecule has 1 aliphatic heterocycles. The van der Waals surface area contributed by atoms with Crippen LogP contribution in [-0.2, 0) is 11.3 Å². The normalized spacial score (nSPS) is 13.7. The summed E-state index contributed by atoms with van der Waals surface area (Å²) < 4.78 is 1.66. The summed E-state index contributed by atoms with van der Waals surface area (Å²) in [6.07, 6.45) is 1.59. The number of allylic oxidation sites excluding steroid dienone is 1. The Morgan fingerprint density at radius 1 is 1.25 bits per heavy atom. The van der Waals surface area contributed by atoms with Crippen molar-refractivity contribution in [3.63, 3.8) is 0 Å². The number of aromatic amines is 1. The van der Waals surface area contributed by atoms with Crippen LogP contribution in [0, 0.1) is 4.77 Å². The van der Waals surface area contributed by atoms with Gasteiger partial charge in [-0.2, -0.15) is 0 Å². The fourth-order valence-electron chi connectivity index (χ4n) is 3.58. The summed E-state index contributed by atoms with van der Waals surface area (Å²) in [5, 5.41) is 6.44. The summed E-state index contributed by atoms with van der Waals surface area (Å²) in [4.78, 5) is 41.9. The lowest BCUT2D eigenvalue weighted by Crippen LogP contribution is -2.47. The smallest absolute Gasteiger partial charge is 0.262 e. The van der Waals surface area contributed by atoms with Gasteiger partial charge in [0.05, 0.1) is 28.2 Å². The van der Waals surface area contributed by atoms with Crippen molar-refractivity contribution < 1.29 is 9.59 Å². The number of carbonyl (C=O) groups excluding carboxylic acids is 2. The van der Waals surface area contributed by atoms with Gasteiger partial charge in [0.15, 0.2) is 4.77 Å². The zero-order chi connectivity index (χ0) is 22.8. The number of rotatable bonds is 5. The van der Waals surface area contributed by atoms with Gasteiger partial charge in [0.2, 0.25) is 5.91 Å². The molecule has 1 aromatic heterocycles. The molecule has 0 bridgehead atoms. The number of hydrogen-bond donors (Lipinski definition) is 3. The highest BCUT2D eigenvalue weighted by Crippen LogP contribution is 2.29. The molecule has 8 nitrogen and oxygen atoms in total. The number of nitrogens with one attached hydrogen (secondary N) is 3. The first-order valence-corrected chi connectivity index (χ1v) is 10.7. The average Bonchev–Trinajstić information content (AvgIpc) is 2.76. The predicted octanol–water partition coefficient (Wildman–Crippen LogP) is 3.09. The molecule has 1 fully saturated rings. The lowest BCUT2D eigenvalue weighted by molar-refractivity contribution is -0.120. The first-order valence-electron chi connectivity index (χ1n) is 9.87. The molecule has 0 saturated carbocycles. The number of benzene rings is 2. The Labute approximate surface area is 193 Å². The molecular formula is C22H20ClN5O3S. The van der Waals surface area contributed by atoms with Gasteiger partial charge in [-0.25, -0.2) is 0 Å². The Balaban J connectivity index is 1.57. The number of nitrogens with zero attached hydrogens (tertiary/aromatic N) is 2. The Bertz CT molecular complexity index is 1360. The van der Waals surface area contributed by atoms with Crippen LogP contribution in [0.4, 0.5) is 11.4 Å². The van der Waals surface area contributed by atoms with Crippen molar-refractivity contribution in [3.8, 4) is 0 Å². The van der Waals surface area contributed by atoms with Crippen molar-refractivity contribution in [2.45, 2.75) is 6.54 Å². The van der Waals surface area contributed by atoms with Gasteiger partial charge in [0, 0.05) is 30.9 Å². The van der Waals surface area contributed by atoms with Gasteiger partial charge in [0.1, 0.15) is 0 Å². The standard InChI is InChI=1S/C22H20ClN5O3S/c1-2-8-28-21(31)15-5-3-13(10-17(15)26-22(28)32)20(30)25-14-4-6-18(16(23)11-14)27-9-7-24-19(29)12-27/h2-6,10-11H,1,7-9,12H2,(H,24,29)(H,25,30)(H,26,32). The van der Waals surface area contributed by atoms with E-state index < -0.39 is 0 Å². The third-order valence-electron chi connectivity index (χ3n) is 5.14. The fraction of sp³-hybridized carbons (Fsp3) is 0.182. The molecule has 3 aromatic rings. The van der Waals surface area contributed by atoms with Crippen LogP contribution >= 0.6 is 23.8 Å². The monoisotopic (exact) mass is 469 g/mol. The van der Waals surface area contributed by atoms with Gasteiger partial charge < -0.3 is 20.5 Å². The molecule has 4 rings (SSSR count). The number of halogens is 1. The van der Waals surface area contributed by atoms with E-state index in [2.05, 4.69) is 22.2 Å². The number of carbonyl (C=O) groups is 2. The number of piperazine rings is 1. The van der Waals surface area contributed by atoms with Crippen molar-refractivity contribution in [2.75, 3.05) is 29.9 Å². The Kier molecular flexibility index (Phi) is 6.11. The van der Waals surface area contributed by atoms with Crippen LogP contribution in [0.15, 0.2) is 53.8 Å². The van der Waals surface area contributed by atoms with Crippen molar-refractivity contribution >= 4 is 57.9 Å². The molecule has 0 atom stereocenters. The second-order valence-corrected chi connectivity index (χ2v) is 8.08. The number of aromatic nitrogens is 2. The SMILES string of the molecule is C=CCn1c(=S)[nH]c2cc(C(=O)Nc3ccc(N4CCNC(=O)C4)c(Cl)c3)ccc2c1=O. The fourth-order valence-corrected chi connectivity index (χ4v) is 4.15. The largest absolute Gasteiger partial charge is 0.359 e. The van der Waals surface area contributed by atoms with Gasteiger partial charge in [-0.05, 0) is 48.6 Å². The van der Waals surface area contributed by atoms with Crippen LogP contribution in [0.3, 0.4) is 0 Å². The molecule has 2 heterocycles. The zero-order valence-corrected chi connectivity index (χ0v) is 18.6. The van der Waals surface area contributed by atoms with E-state index in [9.17, 15) is 14.4 Å². The van der Waals surface area contributed by atoms with E-state index in [0.717, 1.165) is 5.69 Å². The van der Waals surface area contributed by atoms with E-state index in [0.29, 0.717) is 46.8 Å². The highest BCUT2D eigenvalue weighted by Gasteiger charge is 2.19. The highest BCUT2D eigenvalue weighted by atomic mass is 35.5. The summed E-state index contributed by atoms with van der Waals surface area (Å²) in [5.74, 6) is -0.418. The van der Waals surface area contributed by atoms with Gasteiger partial charge in [-0.3, -0.25) is 19.0 Å². The average molecular weight is 470 g/mol. The molecule has 1 saturated heterocycles. The zero-order valence-electron chi connectivity index (χ0n) is 17.0. The van der Waals surface area contributed by atoms with Gasteiger partial charge in [-0.1, -0.05) is 17.7 Å². The molecule has 0 unspecified atom stereocenters. The third kappa shape index (κ3) is 4.30. The van der Waals surface area contributed by atoms with Gasteiger partial charge in [-0.15, -0.1) is 6.58 Å². The third-order valence-corrected chi connectivity index (χ3v) is 5.77. The number of anilines is 2. The van der Waals surface area contributed by atoms with E-state index in [1.54, 1.807) is 42.5 Å². The maximum atomic E-state index is 12.8. The maximum Gasteiger partial charge on any atom is 0.262 e. The number of amides is 2. The van der Waals surface area contributed by atoms with Crippen LogP contribution in [0.5, 0.6) is 0 Å². The van der Waals surface area contributed by atoms with E-state index >= 15 is 0 Å². The second-order valence-electron chi connectivity index (χ2n) is 7.29. The summed E-state index contributed by atoms with van der Waals surface area (Å²) in [7, 11) is 0. The Morgan fingerprint density at radius 2 is 2.06 bits per heavy atom. The van der Waals surface area contributed by atoms with E-state index in [1.807, 2.05) is 4.90 Å². The van der Waals surface area contributed by atoms with Crippen molar-refractivity contribution in [1.29, 1.82) is 0 Å². The van der Waals surface area contributed by atoms with Crippen LogP contribution in [0.2, 0.25) is 5.02 Å². The van der Waals surface area contributed by atoms with Crippen molar-refractivity contribution in [2.24, 2.45) is 0 Å². The Hall–Kier alpha value is -3.43. The minimum absolute atomic E-state index is 0.0590. The quantitative estimate of drug-likeness (QED) is 0.394. The summed E-state index contributed by atoms with van der Waals surface area (Å²) >= 11 is 11.7. The van der Waals surface area contributed by atoms with Gasteiger partial charge >= 0.3 is 0 Å². The lowest BCUT2D eigenvalue weighted by atomic mass is 10.1. The molecule has 0 aliphatic carbocycles. The molecule has 2 aromatic carbocycles. The number of hydrogen-bond acceptors (Lipinski definition) is 5. The summed E-state index contributed by atoms with van der Waals surface area (Å²) in [6, 6.07) is 9.90. The number of fused-ring (bicyclic) bond motifs is 1. The second kappa shape index (κ2) is 8.97. The van der Waals surface area contributed by atoms with Crippen LogP contribution in [0.25, 0.3) is 10.9 Å². The first-order chi connectivity index (χ1) is 15.4. The highest BCUT2D eigenvalue weighted by molar-refractivity contribution is 7.71. The van der Waals surface area contributed by atoms with E-state index in [-0.39, 0.29) is 28.7 Å².